The van der Waals surface area contributed by atoms with Crippen LogP contribution in [0.5, 0.6) is 0 Å². The Balaban J connectivity index is 2.45. The van der Waals surface area contributed by atoms with E-state index in [1.165, 1.54) is 10.2 Å². The molecule has 2 rings (SSSR count). The fourth-order valence-electron chi connectivity index (χ4n) is 1.82. The molecule has 0 saturated heterocycles. The lowest BCUT2D eigenvalue weighted by Gasteiger charge is -2.01. The number of hydrogen-bond acceptors (Lipinski definition) is 3. The van der Waals surface area contributed by atoms with Crippen molar-refractivity contribution in [3.8, 4) is 11.3 Å². The van der Waals surface area contributed by atoms with Crippen LogP contribution in [0.3, 0.4) is 0 Å². The van der Waals surface area contributed by atoms with Crippen LogP contribution in [0.25, 0.3) is 11.3 Å². The highest BCUT2D eigenvalue weighted by Crippen LogP contribution is 2.25. The minimum Gasteiger partial charge on any atom is -0.382 e. The molecule has 1 aromatic carbocycles. The van der Waals surface area contributed by atoms with Crippen LogP contribution in [0.4, 0.5) is 5.82 Å². The van der Waals surface area contributed by atoms with Crippen molar-refractivity contribution in [2.45, 2.75) is 26.7 Å². The lowest BCUT2D eigenvalue weighted by Crippen LogP contribution is -2.15. The minimum atomic E-state index is 0.525. The molecule has 17 heavy (non-hydrogen) atoms. The zero-order valence-corrected chi connectivity index (χ0v) is 10.3. The van der Waals surface area contributed by atoms with E-state index in [1.54, 1.807) is 0 Å². The molecule has 0 aliphatic heterocycles. The van der Waals surface area contributed by atoms with Crippen molar-refractivity contribution in [2.24, 2.45) is 0 Å². The largest absolute Gasteiger partial charge is 0.382 e. The van der Waals surface area contributed by atoms with Gasteiger partial charge in [-0.3, -0.25) is 0 Å². The summed E-state index contributed by atoms with van der Waals surface area (Å²) in [5.41, 5.74) is 8.98. The number of benzene rings is 1. The first-order chi connectivity index (χ1) is 8.13. The lowest BCUT2D eigenvalue weighted by molar-refractivity contribution is 0.794. The summed E-state index contributed by atoms with van der Waals surface area (Å²) >= 11 is 0. The Kier molecular flexibility index (Phi) is 3.04. The Morgan fingerprint density at radius 3 is 2.47 bits per heavy atom. The van der Waals surface area contributed by atoms with Crippen molar-refractivity contribution in [1.29, 1.82) is 0 Å². The van der Waals surface area contributed by atoms with Gasteiger partial charge in [0.25, 0.3) is 0 Å². The van der Waals surface area contributed by atoms with Crippen molar-refractivity contribution < 1.29 is 0 Å². The summed E-state index contributed by atoms with van der Waals surface area (Å²) in [5.74, 6) is 7.25. The van der Waals surface area contributed by atoms with Gasteiger partial charge in [-0.15, -0.1) is 0 Å². The number of aromatic nitrogens is 2. The Labute approximate surface area is 101 Å². The molecule has 90 valence electrons. The zero-order chi connectivity index (χ0) is 12.4. The summed E-state index contributed by atoms with van der Waals surface area (Å²) in [6.45, 7) is 4.15. The van der Waals surface area contributed by atoms with Crippen molar-refractivity contribution in [3.05, 3.63) is 35.7 Å². The van der Waals surface area contributed by atoms with Gasteiger partial charge in [0.2, 0.25) is 0 Å². The normalized spacial score (nSPS) is 10.7. The molecule has 4 nitrogen and oxygen atoms in total. The zero-order valence-electron chi connectivity index (χ0n) is 10.3. The van der Waals surface area contributed by atoms with Gasteiger partial charge in [-0.2, -0.15) is 0 Å². The van der Waals surface area contributed by atoms with E-state index < -0.39 is 0 Å². The van der Waals surface area contributed by atoms with Gasteiger partial charge in [0, 0.05) is 12.0 Å². The molecule has 1 aromatic heterocycles. The highest BCUT2D eigenvalue weighted by Gasteiger charge is 2.13. The summed E-state index contributed by atoms with van der Waals surface area (Å²) in [5, 5.41) is 0. The van der Waals surface area contributed by atoms with E-state index in [1.807, 2.05) is 24.3 Å². The van der Waals surface area contributed by atoms with Crippen molar-refractivity contribution >= 4 is 5.82 Å². The number of hydrogen-bond donors (Lipinski definition) is 2. The maximum Gasteiger partial charge on any atom is 0.150 e. The molecule has 0 spiro atoms. The minimum absolute atomic E-state index is 0.525. The van der Waals surface area contributed by atoms with E-state index in [0.717, 1.165) is 29.9 Å². The summed E-state index contributed by atoms with van der Waals surface area (Å²) in [6, 6.07) is 8.13. The topological polar surface area (TPSA) is 69.9 Å². The predicted octanol–water partition coefficient (Wildman–Crippen LogP) is 2.11. The monoisotopic (exact) mass is 230 g/mol. The number of imidazole rings is 1. The number of nitrogens with two attached hydrogens (primary N) is 2. The van der Waals surface area contributed by atoms with Crippen molar-refractivity contribution in [1.82, 2.24) is 9.66 Å². The lowest BCUT2D eigenvalue weighted by atomic mass is 10.1. The first-order valence-electron chi connectivity index (χ1n) is 5.82. The molecular weight excluding hydrogens is 212 g/mol. The van der Waals surface area contributed by atoms with E-state index in [0.29, 0.717) is 5.82 Å². The standard InChI is InChI=1S/C13H18N4/c1-3-4-11-16-12(13(14)17(11)15)10-7-5-9(2)6-8-10/h5-8H,3-4,14-15H2,1-2H3. The quantitative estimate of drug-likeness (QED) is 0.793. The van der Waals surface area contributed by atoms with Gasteiger partial charge in [0.15, 0.2) is 5.82 Å². The van der Waals surface area contributed by atoms with Gasteiger partial charge in [0.05, 0.1) is 0 Å². The number of rotatable bonds is 3. The van der Waals surface area contributed by atoms with Gasteiger partial charge in [0.1, 0.15) is 11.5 Å². The molecule has 2 aromatic rings. The summed E-state index contributed by atoms with van der Waals surface area (Å²) < 4.78 is 1.48. The Hall–Kier alpha value is -1.97. The molecule has 0 amide bonds. The maximum absolute atomic E-state index is 5.98. The van der Waals surface area contributed by atoms with Crippen LogP contribution in [0, 0.1) is 6.92 Å². The van der Waals surface area contributed by atoms with E-state index in [9.17, 15) is 0 Å². The molecule has 0 unspecified atom stereocenters. The molecule has 4 heteroatoms. The SMILES string of the molecule is CCCc1nc(-c2ccc(C)cc2)c(N)n1N. The average Bonchev–Trinajstić information content (AvgIpc) is 2.59. The van der Waals surface area contributed by atoms with Crippen LogP contribution in [0.15, 0.2) is 24.3 Å². The predicted molar refractivity (Wildman–Crippen MR) is 71.0 cm³/mol. The summed E-state index contributed by atoms with van der Waals surface area (Å²) in [4.78, 5) is 4.51. The van der Waals surface area contributed by atoms with E-state index in [4.69, 9.17) is 11.6 Å². The first-order valence-corrected chi connectivity index (χ1v) is 5.82. The Bertz CT molecular complexity index is 511. The molecule has 0 bridgehead atoms. The third-order valence-corrected chi connectivity index (χ3v) is 2.82. The Morgan fingerprint density at radius 2 is 1.88 bits per heavy atom. The third-order valence-electron chi connectivity index (χ3n) is 2.82. The molecule has 0 saturated carbocycles. The molecule has 0 fully saturated rings. The number of aryl methyl sites for hydroxylation is 2. The second-order valence-electron chi connectivity index (χ2n) is 4.25. The van der Waals surface area contributed by atoms with E-state index in [2.05, 4.69) is 18.8 Å². The van der Waals surface area contributed by atoms with E-state index >= 15 is 0 Å². The molecular formula is C13H18N4. The second-order valence-corrected chi connectivity index (χ2v) is 4.25. The maximum atomic E-state index is 5.98. The molecule has 0 aliphatic rings. The van der Waals surface area contributed by atoms with Crippen LogP contribution in [0.2, 0.25) is 0 Å². The van der Waals surface area contributed by atoms with Crippen LogP contribution < -0.4 is 11.6 Å². The van der Waals surface area contributed by atoms with Gasteiger partial charge >= 0.3 is 0 Å². The van der Waals surface area contributed by atoms with Gasteiger partial charge in [-0.05, 0) is 13.3 Å². The highest BCUT2D eigenvalue weighted by molar-refractivity contribution is 5.71. The fourth-order valence-corrected chi connectivity index (χ4v) is 1.82. The van der Waals surface area contributed by atoms with Crippen LogP contribution in [-0.4, -0.2) is 9.66 Å². The molecule has 0 atom stereocenters. The van der Waals surface area contributed by atoms with Gasteiger partial charge in [-0.1, -0.05) is 36.8 Å². The number of nitrogen functional groups attached to an aromatic ring is 2. The van der Waals surface area contributed by atoms with Crippen molar-refractivity contribution in [3.63, 3.8) is 0 Å². The number of anilines is 1. The third kappa shape index (κ3) is 2.11. The first kappa shape index (κ1) is 11.5. The average molecular weight is 230 g/mol. The molecule has 0 aliphatic carbocycles. The summed E-state index contributed by atoms with van der Waals surface area (Å²) in [7, 11) is 0. The second kappa shape index (κ2) is 4.49. The Morgan fingerprint density at radius 1 is 1.24 bits per heavy atom. The number of nitrogens with zero attached hydrogens (tertiary/aromatic N) is 2. The van der Waals surface area contributed by atoms with Gasteiger partial charge in [-0.25, -0.2) is 9.66 Å². The summed E-state index contributed by atoms with van der Waals surface area (Å²) in [6.07, 6.45) is 1.84. The van der Waals surface area contributed by atoms with Crippen LogP contribution in [0.1, 0.15) is 24.7 Å². The van der Waals surface area contributed by atoms with Crippen LogP contribution in [-0.2, 0) is 6.42 Å². The molecule has 0 radical (unpaired) electrons. The fraction of sp³-hybridized carbons (Fsp3) is 0.308. The molecule has 4 N–H and O–H groups in total. The van der Waals surface area contributed by atoms with Crippen LogP contribution >= 0.6 is 0 Å². The van der Waals surface area contributed by atoms with E-state index in [-0.39, 0.29) is 0 Å². The molecule has 1 heterocycles. The smallest absolute Gasteiger partial charge is 0.150 e. The highest BCUT2D eigenvalue weighted by atomic mass is 15.4. The van der Waals surface area contributed by atoms with Gasteiger partial charge < -0.3 is 11.6 Å². The van der Waals surface area contributed by atoms with Crippen molar-refractivity contribution in [2.75, 3.05) is 11.6 Å².